The van der Waals surface area contributed by atoms with Crippen LogP contribution in [0, 0.1) is 0 Å². The summed E-state index contributed by atoms with van der Waals surface area (Å²) in [5.41, 5.74) is 4.92. The van der Waals surface area contributed by atoms with E-state index in [1.807, 2.05) is 30.3 Å². The van der Waals surface area contributed by atoms with Crippen molar-refractivity contribution >= 4 is 41.1 Å². The molecule has 0 saturated heterocycles. The molecule has 2 N–H and O–H groups in total. The van der Waals surface area contributed by atoms with Crippen molar-refractivity contribution in [1.82, 2.24) is 0 Å². The van der Waals surface area contributed by atoms with Crippen LogP contribution in [0.5, 0.6) is 11.5 Å². The van der Waals surface area contributed by atoms with Crippen LogP contribution < -0.4 is 14.9 Å². The van der Waals surface area contributed by atoms with E-state index in [1.54, 1.807) is 31.5 Å². The van der Waals surface area contributed by atoms with E-state index in [0.29, 0.717) is 28.8 Å². The number of nitrogens with zero attached hydrogens (tertiary/aromatic N) is 1. The Hall–Kier alpha value is -3.22. The number of aromatic carboxylic acids is 1. The molecule has 0 saturated carbocycles. The first-order valence-electron chi connectivity index (χ1n) is 8.84. The summed E-state index contributed by atoms with van der Waals surface area (Å²) in [6.07, 6.45) is 1.58. The summed E-state index contributed by atoms with van der Waals surface area (Å²) in [4.78, 5) is 11.2. The number of ether oxygens (including phenoxy) is 2. The van der Waals surface area contributed by atoms with Crippen molar-refractivity contribution < 1.29 is 19.4 Å². The summed E-state index contributed by atoms with van der Waals surface area (Å²) in [5, 5.41) is 14.1. The van der Waals surface area contributed by atoms with Gasteiger partial charge < -0.3 is 14.6 Å². The Bertz CT molecular complexity index is 1090. The summed E-state index contributed by atoms with van der Waals surface area (Å²) in [6.45, 7) is 0.313. The van der Waals surface area contributed by atoms with Crippen molar-refractivity contribution in [3.05, 3.63) is 87.4 Å². The molecule has 0 aliphatic heterocycles. The summed E-state index contributed by atoms with van der Waals surface area (Å²) in [6, 6.07) is 17.4. The monoisotopic (exact) mass is 444 g/mol. The van der Waals surface area contributed by atoms with E-state index < -0.39 is 5.97 Å². The van der Waals surface area contributed by atoms with Crippen molar-refractivity contribution in [2.24, 2.45) is 5.10 Å². The number of halogens is 2. The fourth-order valence-corrected chi connectivity index (χ4v) is 2.98. The van der Waals surface area contributed by atoms with Crippen molar-refractivity contribution in [3.8, 4) is 11.5 Å². The number of carbonyl (C=O) groups is 1. The first-order valence-corrected chi connectivity index (χ1v) is 9.59. The number of hydrogen-bond donors (Lipinski definition) is 2. The zero-order valence-corrected chi connectivity index (χ0v) is 17.4. The second-order valence-electron chi connectivity index (χ2n) is 6.16. The number of rotatable bonds is 8. The highest BCUT2D eigenvalue weighted by Gasteiger charge is 2.09. The molecule has 0 radical (unpaired) electrons. The molecule has 0 unspecified atom stereocenters. The SMILES string of the molecule is COc1cc(/C=N\Nc2ccc(Cl)c(C(=O)O)c2)ccc1OCc1ccccc1Cl. The van der Waals surface area contributed by atoms with Crippen LogP contribution in [-0.2, 0) is 6.61 Å². The van der Waals surface area contributed by atoms with Crippen molar-refractivity contribution in [3.63, 3.8) is 0 Å². The largest absolute Gasteiger partial charge is 0.493 e. The number of carboxylic acid groups (broad SMARTS) is 1. The van der Waals surface area contributed by atoms with Crippen molar-refractivity contribution in [1.29, 1.82) is 0 Å². The van der Waals surface area contributed by atoms with Gasteiger partial charge in [0.25, 0.3) is 0 Å². The van der Waals surface area contributed by atoms with Gasteiger partial charge >= 0.3 is 5.97 Å². The van der Waals surface area contributed by atoms with Crippen LogP contribution in [-0.4, -0.2) is 24.4 Å². The molecule has 8 heteroatoms. The molecule has 0 bridgehead atoms. The Labute approximate surface area is 183 Å². The van der Waals surface area contributed by atoms with Gasteiger partial charge in [-0.1, -0.05) is 41.4 Å². The molecule has 0 fully saturated rings. The predicted molar refractivity (Wildman–Crippen MR) is 118 cm³/mol. The molecule has 0 aromatic heterocycles. The third-order valence-electron chi connectivity index (χ3n) is 4.13. The van der Waals surface area contributed by atoms with E-state index in [2.05, 4.69) is 10.5 Å². The van der Waals surface area contributed by atoms with Crippen molar-refractivity contribution in [2.45, 2.75) is 6.61 Å². The van der Waals surface area contributed by atoms with Crippen LogP contribution in [0.15, 0.2) is 65.8 Å². The standard InChI is InChI=1S/C22H18Cl2N2O4/c1-29-21-10-14(6-9-20(21)30-13-15-4-2-3-5-18(15)23)12-25-26-16-7-8-19(24)17(11-16)22(27)28/h2-12,26H,13H2,1H3,(H,27,28)/b25-12-. The maximum Gasteiger partial charge on any atom is 0.337 e. The zero-order valence-electron chi connectivity index (χ0n) is 15.9. The highest BCUT2D eigenvalue weighted by atomic mass is 35.5. The number of benzene rings is 3. The maximum atomic E-state index is 11.2. The lowest BCUT2D eigenvalue weighted by Gasteiger charge is -2.12. The lowest BCUT2D eigenvalue weighted by molar-refractivity contribution is 0.0697. The average Bonchev–Trinajstić information content (AvgIpc) is 2.74. The number of nitrogens with one attached hydrogen (secondary N) is 1. The zero-order chi connectivity index (χ0) is 21.5. The molecular weight excluding hydrogens is 427 g/mol. The number of hydrazone groups is 1. The van der Waals surface area contributed by atoms with Crippen LogP contribution in [0.1, 0.15) is 21.5 Å². The quantitative estimate of drug-likeness (QED) is 0.342. The minimum atomic E-state index is -1.11. The summed E-state index contributed by atoms with van der Waals surface area (Å²) in [5.74, 6) is 0.0155. The second-order valence-corrected chi connectivity index (χ2v) is 6.97. The summed E-state index contributed by atoms with van der Waals surface area (Å²) < 4.78 is 11.2. The fraction of sp³-hybridized carbons (Fsp3) is 0.0909. The first-order chi connectivity index (χ1) is 14.5. The van der Waals surface area contributed by atoms with E-state index in [-0.39, 0.29) is 10.6 Å². The molecule has 0 aliphatic carbocycles. The smallest absolute Gasteiger partial charge is 0.337 e. The average molecular weight is 445 g/mol. The molecular formula is C22H18Cl2N2O4. The fourth-order valence-electron chi connectivity index (χ4n) is 2.59. The second kappa shape index (κ2) is 10.0. The Balaban J connectivity index is 1.68. The Kier molecular flexibility index (Phi) is 7.17. The van der Waals surface area contributed by atoms with Gasteiger partial charge in [-0.2, -0.15) is 5.10 Å². The molecule has 3 rings (SSSR count). The van der Waals surface area contributed by atoms with Gasteiger partial charge in [0.1, 0.15) is 6.61 Å². The highest BCUT2D eigenvalue weighted by Crippen LogP contribution is 2.29. The lowest BCUT2D eigenvalue weighted by Crippen LogP contribution is -2.00. The number of carboxylic acids is 1. The van der Waals surface area contributed by atoms with E-state index in [1.165, 1.54) is 12.1 Å². The van der Waals surface area contributed by atoms with Crippen molar-refractivity contribution in [2.75, 3.05) is 12.5 Å². The normalized spacial score (nSPS) is 10.8. The van der Waals surface area contributed by atoms with Gasteiger partial charge in [0.2, 0.25) is 0 Å². The third kappa shape index (κ3) is 5.43. The minimum absolute atomic E-state index is 0.00134. The van der Waals surface area contributed by atoms with Gasteiger partial charge in [-0.15, -0.1) is 0 Å². The minimum Gasteiger partial charge on any atom is -0.493 e. The first kappa shape index (κ1) is 21.5. The Morgan fingerprint density at radius 3 is 2.60 bits per heavy atom. The van der Waals surface area contributed by atoms with Crippen LogP contribution in [0.4, 0.5) is 5.69 Å². The van der Waals surface area contributed by atoms with E-state index in [9.17, 15) is 4.79 Å². The van der Waals surface area contributed by atoms with Crippen LogP contribution in [0.25, 0.3) is 0 Å². The van der Waals surface area contributed by atoms with Gasteiger partial charge in [-0.05, 0) is 48.0 Å². The van der Waals surface area contributed by atoms with Crippen LogP contribution >= 0.6 is 23.2 Å². The summed E-state index contributed by atoms with van der Waals surface area (Å²) in [7, 11) is 1.55. The molecule has 30 heavy (non-hydrogen) atoms. The molecule has 0 heterocycles. The highest BCUT2D eigenvalue weighted by molar-refractivity contribution is 6.33. The van der Waals surface area contributed by atoms with E-state index in [0.717, 1.165) is 11.1 Å². The Morgan fingerprint density at radius 2 is 1.87 bits per heavy atom. The van der Waals surface area contributed by atoms with Gasteiger partial charge in [-0.25, -0.2) is 4.79 Å². The van der Waals surface area contributed by atoms with Crippen LogP contribution in [0.2, 0.25) is 10.0 Å². The molecule has 0 amide bonds. The predicted octanol–water partition coefficient (Wildman–Crippen LogP) is 5.73. The molecule has 3 aromatic rings. The molecule has 3 aromatic carbocycles. The number of anilines is 1. The van der Waals surface area contributed by atoms with E-state index in [4.69, 9.17) is 37.8 Å². The molecule has 0 aliphatic rings. The Morgan fingerprint density at radius 1 is 1.07 bits per heavy atom. The molecule has 0 atom stereocenters. The van der Waals surface area contributed by atoms with Gasteiger partial charge in [0.05, 0.1) is 29.6 Å². The number of methoxy groups -OCH3 is 1. The third-order valence-corrected chi connectivity index (χ3v) is 4.83. The molecule has 154 valence electrons. The molecule has 0 spiro atoms. The van der Waals surface area contributed by atoms with Gasteiger partial charge in [0.15, 0.2) is 11.5 Å². The van der Waals surface area contributed by atoms with Gasteiger partial charge in [0, 0.05) is 10.6 Å². The lowest BCUT2D eigenvalue weighted by atomic mass is 10.2. The maximum absolute atomic E-state index is 11.2. The van der Waals surface area contributed by atoms with E-state index >= 15 is 0 Å². The topological polar surface area (TPSA) is 80.2 Å². The van der Waals surface area contributed by atoms with Crippen LogP contribution in [0.3, 0.4) is 0 Å². The number of hydrogen-bond acceptors (Lipinski definition) is 5. The van der Waals surface area contributed by atoms with Gasteiger partial charge in [-0.3, -0.25) is 5.43 Å². The summed E-state index contributed by atoms with van der Waals surface area (Å²) >= 11 is 12.0. The molecule has 6 nitrogen and oxygen atoms in total.